The van der Waals surface area contributed by atoms with Crippen LogP contribution in [0.4, 0.5) is 11.4 Å². The van der Waals surface area contributed by atoms with Crippen LogP contribution in [-0.4, -0.2) is 23.8 Å². The molecule has 3 aromatic rings. The van der Waals surface area contributed by atoms with Gasteiger partial charge in [-0.25, -0.2) is 0 Å². The summed E-state index contributed by atoms with van der Waals surface area (Å²) in [7, 11) is 0. The first-order valence-corrected chi connectivity index (χ1v) is 11.9. The van der Waals surface area contributed by atoms with Gasteiger partial charge in [0.25, 0.3) is 0 Å². The zero-order valence-electron chi connectivity index (χ0n) is 18.7. The molecule has 1 aliphatic heterocycles. The highest BCUT2D eigenvalue weighted by molar-refractivity contribution is 6.30. The van der Waals surface area contributed by atoms with Crippen molar-refractivity contribution < 1.29 is 5.11 Å². The van der Waals surface area contributed by atoms with Crippen molar-refractivity contribution >= 4 is 23.0 Å². The van der Waals surface area contributed by atoms with Crippen LogP contribution in [0.25, 0.3) is 0 Å². The Labute approximate surface area is 196 Å². The van der Waals surface area contributed by atoms with Crippen LogP contribution in [-0.2, 0) is 0 Å². The van der Waals surface area contributed by atoms with E-state index in [-0.39, 0.29) is 29.6 Å². The molecule has 2 aliphatic rings. The number of fused-ring (bicyclic) bond motifs is 1. The molecular formula is C28H31ClN2O. The Hall–Kier alpha value is -2.49. The van der Waals surface area contributed by atoms with Gasteiger partial charge in [-0.15, -0.1) is 0 Å². The molecule has 1 aliphatic carbocycles. The van der Waals surface area contributed by atoms with E-state index < -0.39 is 0 Å². The van der Waals surface area contributed by atoms with Crippen molar-refractivity contribution in [2.45, 2.75) is 45.0 Å². The minimum atomic E-state index is -0.327. The lowest BCUT2D eigenvalue weighted by molar-refractivity contribution is -0.00719. The van der Waals surface area contributed by atoms with E-state index >= 15 is 0 Å². The quantitative estimate of drug-likeness (QED) is 0.495. The Morgan fingerprint density at radius 3 is 2.03 bits per heavy atom. The number of rotatable bonds is 3. The summed E-state index contributed by atoms with van der Waals surface area (Å²) in [6.07, 6.45) is 1.58. The van der Waals surface area contributed by atoms with Crippen LogP contribution < -0.4 is 9.80 Å². The zero-order chi connectivity index (χ0) is 22.3. The fourth-order valence-electron chi connectivity index (χ4n) is 5.76. The van der Waals surface area contributed by atoms with Crippen LogP contribution in [0.3, 0.4) is 0 Å². The Morgan fingerprint density at radius 1 is 0.812 bits per heavy atom. The molecule has 5 rings (SSSR count). The summed E-state index contributed by atoms with van der Waals surface area (Å²) in [4.78, 5) is 5.01. The molecule has 3 aromatic carbocycles. The second-order valence-corrected chi connectivity index (χ2v) is 10.5. The highest BCUT2D eigenvalue weighted by atomic mass is 35.5. The van der Waals surface area contributed by atoms with Gasteiger partial charge in [-0.2, -0.15) is 0 Å². The minimum absolute atomic E-state index is 0.0133. The van der Waals surface area contributed by atoms with E-state index in [2.05, 4.69) is 96.4 Å². The first kappa shape index (κ1) is 21.4. The smallest absolute Gasteiger partial charge is 0.128 e. The normalized spacial score (nSPS) is 27.1. The number of halogens is 1. The summed E-state index contributed by atoms with van der Waals surface area (Å²) in [5.74, 6) is 0.173. The maximum atomic E-state index is 11.3. The number of nitrogens with zero attached hydrogens (tertiary/aromatic N) is 2. The fourth-order valence-corrected chi connectivity index (χ4v) is 5.88. The molecule has 4 unspecified atom stereocenters. The van der Waals surface area contributed by atoms with Gasteiger partial charge in [0.05, 0.1) is 6.10 Å². The summed E-state index contributed by atoms with van der Waals surface area (Å²) in [6, 6.07) is 29.7. The van der Waals surface area contributed by atoms with Gasteiger partial charge in [-0.1, -0.05) is 74.0 Å². The number of aliphatic hydroxyl groups is 1. The largest absolute Gasteiger partial charge is 0.393 e. The van der Waals surface area contributed by atoms with Gasteiger partial charge in [0.2, 0.25) is 0 Å². The van der Waals surface area contributed by atoms with Crippen molar-refractivity contribution in [3.63, 3.8) is 0 Å². The zero-order valence-corrected chi connectivity index (χ0v) is 19.5. The average molecular weight is 447 g/mol. The molecule has 0 amide bonds. The molecule has 0 aromatic heterocycles. The highest BCUT2D eigenvalue weighted by Gasteiger charge is 2.50. The van der Waals surface area contributed by atoms with E-state index in [1.54, 1.807) is 0 Å². The molecule has 2 fully saturated rings. The maximum absolute atomic E-state index is 11.3. The maximum Gasteiger partial charge on any atom is 0.128 e. The molecule has 4 heteroatoms. The minimum Gasteiger partial charge on any atom is -0.393 e. The average Bonchev–Trinajstić information content (AvgIpc) is 2.79. The highest BCUT2D eigenvalue weighted by Crippen LogP contribution is 2.49. The van der Waals surface area contributed by atoms with Crippen molar-refractivity contribution in [3.8, 4) is 0 Å². The lowest BCUT2D eigenvalue weighted by Gasteiger charge is -2.59. The lowest BCUT2D eigenvalue weighted by Crippen LogP contribution is -2.63. The predicted molar refractivity (Wildman–Crippen MR) is 133 cm³/mol. The van der Waals surface area contributed by atoms with E-state index in [1.165, 1.54) is 16.9 Å². The van der Waals surface area contributed by atoms with E-state index in [0.717, 1.165) is 24.4 Å². The van der Waals surface area contributed by atoms with Crippen molar-refractivity contribution in [3.05, 3.63) is 95.5 Å². The number of hydrogen-bond donors (Lipinski definition) is 1. The topological polar surface area (TPSA) is 26.7 Å². The molecule has 1 N–H and O–H groups in total. The molecule has 1 saturated carbocycles. The van der Waals surface area contributed by atoms with Crippen molar-refractivity contribution in [2.75, 3.05) is 16.3 Å². The van der Waals surface area contributed by atoms with Crippen LogP contribution in [0.5, 0.6) is 0 Å². The third-order valence-corrected chi connectivity index (χ3v) is 7.40. The molecule has 1 heterocycles. The lowest BCUT2D eigenvalue weighted by atomic mass is 9.66. The monoisotopic (exact) mass is 446 g/mol. The third kappa shape index (κ3) is 4.00. The van der Waals surface area contributed by atoms with E-state index in [4.69, 9.17) is 11.6 Å². The van der Waals surface area contributed by atoms with Gasteiger partial charge in [-0.3, -0.25) is 0 Å². The second kappa shape index (κ2) is 8.46. The molecule has 0 spiro atoms. The molecular weight excluding hydrogens is 416 g/mol. The van der Waals surface area contributed by atoms with Crippen LogP contribution in [0.15, 0.2) is 84.9 Å². The molecule has 32 heavy (non-hydrogen) atoms. The van der Waals surface area contributed by atoms with Crippen LogP contribution in [0.1, 0.15) is 38.4 Å². The number of para-hydroxylation sites is 2. The predicted octanol–water partition coefficient (Wildman–Crippen LogP) is 6.53. The Kier molecular flexibility index (Phi) is 5.65. The van der Waals surface area contributed by atoms with Gasteiger partial charge in [0.1, 0.15) is 6.17 Å². The number of aliphatic hydroxyl groups excluding tert-OH is 1. The third-order valence-electron chi connectivity index (χ3n) is 7.15. The van der Waals surface area contributed by atoms with Gasteiger partial charge < -0.3 is 14.9 Å². The van der Waals surface area contributed by atoms with Gasteiger partial charge in [0, 0.05) is 34.9 Å². The van der Waals surface area contributed by atoms with E-state index in [1.807, 2.05) is 12.1 Å². The van der Waals surface area contributed by atoms with E-state index in [0.29, 0.717) is 0 Å². The Balaban J connectivity index is 1.69. The SMILES string of the molecule is CC1(C)CC(O)C2CN(c3ccccc3)C(c3ccc(Cl)cc3)N(c3ccccc3)C2C1. The summed E-state index contributed by atoms with van der Waals surface area (Å²) in [6.45, 7) is 5.40. The van der Waals surface area contributed by atoms with Gasteiger partial charge >= 0.3 is 0 Å². The Bertz CT molecular complexity index is 1040. The van der Waals surface area contributed by atoms with Gasteiger partial charge in [0.15, 0.2) is 0 Å². The van der Waals surface area contributed by atoms with Crippen molar-refractivity contribution in [2.24, 2.45) is 11.3 Å². The molecule has 0 bridgehead atoms. The summed E-state index contributed by atoms with van der Waals surface area (Å²) >= 11 is 6.26. The van der Waals surface area contributed by atoms with Crippen LogP contribution >= 0.6 is 11.6 Å². The van der Waals surface area contributed by atoms with Crippen molar-refractivity contribution in [1.82, 2.24) is 0 Å². The second-order valence-electron chi connectivity index (χ2n) is 10.0. The molecule has 1 saturated heterocycles. The number of hydrogen-bond acceptors (Lipinski definition) is 3. The Morgan fingerprint density at radius 2 is 1.41 bits per heavy atom. The summed E-state index contributed by atoms with van der Waals surface area (Å²) in [5.41, 5.74) is 3.66. The van der Waals surface area contributed by atoms with Crippen LogP contribution in [0.2, 0.25) is 5.02 Å². The number of benzene rings is 3. The summed E-state index contributed by atoms with van der Waals surface area (Å²) < 4.78 is 0. The molecule has 4 atom stereocenters. The van der Waals surface area contributed by atoms with Gasteiger partial charge in [-0.05, 0) is 60.2 Å². The standard InChI is InChI=1S/C28H31ClN2O/c1-28(2)17-25-24(26(32)18-28)19-30(22-9-5-3-6-10-22)27(20-13-15-21(29)16-14-20)31(25)23-11-7-4-8-12-23/h3-16,24-27,32H,17-19H2,1-2H3. The molecule has 0 radical (unpaired) electrons. The first-order chi connectivity index (χ1) is 15.4. The van der Waals surface area contributed by atoms with Crippen molar-refractivity contribution in [1.29, 1.82) is 0 Å². The molecule has 3 nitrogen and oxygen atoms in total. The molecule has 166 valence electrons. The fraction of sp³-hybridized carbons (Fsp3) is 0.357. The number of anilines is 2. The first-order valence-electron chi connectivity index (χ1n) is 11.5. The van der Waals surface area contributed by atoms with Crippen LogP contribution in [0, 0.1) is 11.3 Å². The summed E-state index contributed by atoms with van der Waals surface area (Å²) in [5, 5.41) is 12.0. The van der Waals surface area contributed by atoms with E-state index in [9.17, 15) is 5.11 Å².